The van der Waals surface area contributed by atoms with Crippen LogP contribution < -0.4 is 5.32 Å². The predicted molar refractivity (Wildman–Crippen MR) is 76.0 cm³/mol. The maximum absolute atomic E-state index is 11.9. The van der Waals surface area contributed by atoms with Gasteiger partial charge in [-0.25, -0.2) is 0 Å². The van der Waals surface area contributed by atoms with E-state index in [1.165, 1.54) is 0 Å². The second-order valence-corrected chi connectivity index (χ2v) is 5.60. The Morgan fingerprint density at radius 3 is 2.60 bits per heavy atom. The number of rotatable bonds is 4. The molecule has 1 saturated carbocycles. The average molecular weight is 280 g/mol. The molecule has 0 aromatic carbocycles. The molecule has 2 rings (SSSR count). The van der Waals surface area contributed by atoms with Crippen LogP contribution in [-0.4, -0.2) is 55.5 Å². The zero-order chi connectivity index (χ0) is 14.6. The van der Waals surface area contributed by atoms with E-state index in [1.54, 1.807) is 0 Å². The van der Waals surface area contributed by atoms with Crippen LogP contribution in [0, 0.1) is 12.3 Å². The molecule has 5 heteroatoms. The molecule has 5 nitrogen and oxygen atoms in total. The number of nitrogens with one attached hydrogen (secondary N) is 1. The molecule has 1 heterocycles. The Labute approximate surface area is 121 Å². The third-order valence-electron chi connectivity index (χ3n) is 4.46. The molecular formula is C15H24N2O3. The first-order valence-electron chi connectivity index (χ1n) is 7.29. The second kappa shape index (κ2) is 6.57. The zero-order valence-electron chi connectivity index (χ0n) is 12.4. The minimum absolute atomic E-state index is 0.0147. The number of hydrogen-bond acceptors (Lipinski definition) is 4. The van der Waals surface area contributed by atoms with Crippen molar-refractivity contribution in [3.05, 3.63) is 0 Å². The highest BCUT2D eigenvalue weighted by Gasteiger charge is 2.41. The molecule has 1 atom stereocenters. The molecular weight excluding hydrogens is 256 g/mol. The predicted octanol–water partition coefficient (Wildman–Crippen LogP) is 0.742. The Morgan fingerprint density at radius 1 is 1.45 bits per heavy atom. The standard InChI is InChI=1S/C15H24N2O3/c1-4-9-16-14(18)12(2)17(3)13-5-7-15(8-6-13)19-10-11-20-15/h1,12-13H,5-11H2,2-3H3,(H,16,18). The van der Waals surface area contributed by atoms with Gasteiger partial charge in [0, 0.05) is 18.9 Å². The lowest BCUT2D eigenvalue weighted by Crippen LogP contribution is -2.50. The average Bonchev–Trinajstić information content (AvgIpc) is 2.92. The molecule has 1 N–H and O–H groups in total. The van der Waals surface area contributed by atoms with Gasteiger partial charge in [-0.15, -0.1) is 6.42 Å². The first kappa shape index (κ1) is 15.3. The van der Waals surface area contributed by atoms with Crippen molar-refractivity contribution in [2.75, 3.05) is 26.8 Å². The second-order valence-electron chi connectivity index (χ2n) is 5.60. The van der Waals surface area contributed by atoms with Gasteiger partial charge in [-0.3, -0.25) is 9.69 Å². The lowest BCUT2D eigenvalue weighted by molar-refractivity contribution is -0.184. The lowest BCUT2D eigenvalue weighted by atomic mass is 9.88. The summed E-state index contributed by atoms with van der Waals surface area (Å²) in [4.78, 5) is 14.1. The van der Waals surface area contributed by atoms with Gasteiger partial charge >= 0.3 is 0 Å². The Kier molecular flexibility index (Phi) is 5.03. The molecule has 0 bridgehead atoms. The molecule has 112 valence electrons. The van der Waals surface area contributed by atoms with Crippen molar-refractivity contribution in [1.82, 2.24) is 10.2 Å². The van der Waals surface area contributed by atoms with E-state index in [0.717, 1.165) is 25.7 Å². The number of ether oxygens (including phenoxy) is 2. The Balaban J connectivity index is 1.83. The number of carbonyl (C=O) groups excluding carboxylic acids is 1. The summed E-state index contributed by atoms with van der Waals surface area (Å²) in [5.41, 5.74) is 0. The van der Waals surface area contributed by atoms with Crippen molar-refractivity contribution in [2.24, 2.45) is 0 Å². The zero-order valence-corrected chi connectivity index (χ0v) is 12.4. The van der Waals surface area contributed by atoms with Crippen molar-refractivity contribution < 1.29 is 14.3 Å². The Bertz CT molecular complexity index is 375. The van der Waals surface area contributed by atoms with Crippen LogP contribution >= 0.6 is 0 Å². The number of likely N-dealkylation sites (N-methyl/N-ethyl adjacent to an activating group) is 1. The van der Waals surface area contributed by atoms with Crippen LogP contribution in [0.2, 0.25) is 0 Å². The van der Waals surface area contributed by atoms with E-state index < -0.39 is 0 Å². The van der Waals surface area contributed by atoms with E-state index in [2.05, 4.69) is 16.1 Å². The summed E-state index contributed by atoms with van der Waals surface area (Å²) in [6, 6.07) is 0.216. The summed E-state index contributed by atoms with van der Waals surface area (Å²) in [5.74, 6) is 2.07. The van der Waals surface area contributed by atoms with E-state index >= 15 is 0 Å². The van der Waals surface area contributed by atoms with Crippen molar-refractivity contribution in [1.29, 1.82) is 0 Å². The fourth-order valence-corrected chi connectivity index (χ4v) is 3.02. The lowest BCUT2D eigenvalue weighted by Gasteiger charge is -2.40. The number of nitrogens with zero attached hydrogens (tertiary/aromatic N) is 1. The summed E-state index contributed by atoms with van der Waals surface area (Å²) in [7, 11) is 2.00. The number of carbonyl (C=O) groups is 1. The Morgan fingerprint density at radius 2 is 2.05 bits per heavy atom. The van der Waals surface area contributed by atoms with E-state index in [-0.39, 0.29) is 24.3 Å². The first-order valence-corrected chi connectivity index (χ1v) is 7.29. The molecule has 0 radical (unpaired) electrons. The van der Waals surface area contributed by atoms with Crippen molar-refractivity contribution >= 4 is 5.91 Å². The fourth-order valence-electron chi connectivity index (χ4n) is 3.02. The molecule has 1 aliphatic heterocycles. The molecule has 0 aromatic rings. The normalized spacial score (nSPS) is 23.7. The van der Waals surface area contributed by atoms with Gasteiger partial charge in [0.15, 0.2) is 5.79 Å². The molecule has 1 amide bonds. The van der Waals surface area contributed by atoms with E-state index in [4.69, 9.17) is 15.9 Å². The summed E-state index contributed by atoms with van der Waals surface area (Å²) >= 11 is 0. The SMILES string of the molecule is C#CCNC(=O)C(C)N(C)C1CCC2(CC1)OCCO2. The molecule has 2 aliphatic rings. The van der Waals surface area contributed by atoms with Crippen LogP contribution in [0.3, 0.4) is 0 Å². The van der Waals surface area contributed by atoms with E-state index in [0.29, 0.717) is 19.3 Å². The summed E-state index contributed by atoms with van der Waals surface area (Å²) in [5, 5.41) is 2.73. The van der Waals surface area contributed by atoms with Crippen LogP contribution in [0.4, 0.5) is 0 Å². The molecule has 1 aliphatic carbocycles. The minimum Gasteiger partial charge on any atom is -0.348 e. The molecule has 0 aromatic heterocycles. The third kappa shape index (κ3) is 3.32. The van der Waals surface area contributed by atoms with Gasteiger partial charge in [-0.05, 0) is 26.8 Å². The quantitative estimate of drug-likeness (QED) is 0.772. The summed E-state index contributed by atoms with van der Waals surface area (Å²) in [6.07, 6.45) is 8.94. The van der Waals surface area contributed by atoms with Crippen molar-refractivity contribution in [2.45, 2.75) is 50.5 Å². The van der Waals surface area contributed by atoms with Crippen molar-refractivity contribution in [3.8, 4) is 12.3 Å². The molecule has 1 spiro atoms. The first-order chi connectivity index (χ1) is 9.58. The van der Waals surface area contributed by atoms with E-state index in [1.807, 2.05) is 14.0 Å². The highest BCUT2D eigenvalue weighted by Crippen LogP contribution is 2.37. The minimum atomic E-state index is -0.341. The van der Waals surface area contributed by atoms with Gasteiger partial charge in [0.1, 0.15) is 0 Å². The molecule has 20 heavy (non-hydrogen) atoms. The fraction of sp³-hybridized carbons (Fsp3) is 0.800. The van der Waals surface area contributed by atoms with Crippen molar-refractivity contribution in [3.63, 3.8) is 0 Å². The maximum atomic E-state index is 11.9. The smallest absolute Gasteiger partial charge is 0.237 e. The van der Waals surface area contributed by atoms with Gasteiger partial charge in [0.05, 0.1) is 25.8 Å². The number of terminal acetylenes is 1. The maximum Gasteiger partial charge on any atom is 0.237 e. The van der Waals surface area contributed by atoms with Crippen LogP contribution in [0.15, 0.2) is 0 Å². The van der Waals surface area contributed by atoms with Gasteiger partial charge in [-0.2, -0.15) is 0 Å². The third-order valence-corrected chi connectivity index (χ3v) is 4.46. The van der Waals surface area contributed by atoms with Crippen LogP contribution in [0.5, 0.6) is 0 Å². The van der Waals surface area contributed by atoms with Gasteiger partial charge < -0.3 is 14.8 Å². The number of hydrogen-bond donors (Lipinski definition) is 1. The van der Waals surface area contributed by atoms with Gasteiger partial charge in [0.25, 0.3) is 0 Å². The largest absolute Gasteiger partial charge is 0.348 e. The molecule has 2 fully saturated rings. The van der Waals surface area contributed by atoms with Gasteiger partial charge in [0.2, 0.25) is 5.91 Å². The van der Waals surface area contributed by atoms with E-state index in [9.17, 15) is 4.79 Å². The number of amides is 1. The molecule has 1 unspecified atom stereocenters. The highest BCUT2D eigenvalue weighted by molar-refractivity contribution is 5.81. The van der Waals surface area contributed by atoms with Gasteiger partial charge in [-0.1, -0.05) is 5.92 Å². The monoisotopic (exact) mass is 280 g/mol. The Hall–Kier alpha value is -1.09. The van der Waals surface area contributed by atoms with Crippen LogP contribution in [0.1, 0.15) is 32.6 Å². The van der Waals surface area contributed by atoms with Crippen LogP contribution in [-0.2, 0) is 14.3 Å². The highest BCUT2D eigenvalue weighted by atomic mass is 16.7. The summed E-state index contributed by atoms with van der Waals surface area (Å²) in [6.45, 7) is 3.60. The topological polar surface area (TPSA) is 50.8 Å². The molecule has 1 saturated heterocycles. The van der Waals surface area contributed by atoms with Crippen LogP contribution in [0.25, 0.3) is 0 Å². The summed E-state index contributed by atoms with van der Waals surface area (Å²) < 4.78 is 11.5.